The summed E-state index contributed by atoms with van der Waals surface area (Å²) in [7, 11) is 0. The lowest BCUT2D eigenvalue weighted by Gasteiger charge is -2.13. The van der Waals surface area contributed by atoms with Crippen LogP contribution in [-0.2, 0) is 12.4 Å². The van der Waals surface area contributed by atoms with Crippen molar-refractivity contribution in [2.45, 2.75) is 19.3 Å². The third-order valence-corrected chi connectivity index (χ3v) is 6.53. The summed E-state index contributed by atoms with van der Waals surface area (Å²) >= 11 is 0. The molecule has 1 amide bonds. The van der Waals surface area contributed by atoms with Gasteiger partial charge in [0.05, 0.1) is 57.4 Å². The summed E-state index contributed by atoms with van der Waals surface area (Å²) in [5.41, 5.74) is -5.46. The number of hydrogen-bond donors (Lipinski definition) is 3. The van der Waals surface area contributed by atoms with Crippen LogP contribution in [0.3, 0.4) is 0 Å². The van der Waals surface area contributed by atoms with Gasteiger partial charge in [-0.3, -0.25) is 4.79 Å². The van der Waals surface area contributed by atoms with Gasteiger partial charge in [0.2, 0.25) is 0 Å². The predicted molar refractivity (Wildman–Crippen MR) is 147 cm³/mol. The van der Waals surface area contributed by atoms with E-state index in [-0.39, 0.29) is 34.9 Å². The first-order valence-corrected chi connectivity index (χ1v) is 13.1. The lowest BCUT2D eigenvalue weighted by Crippen LogP contribution is -2.22. The number of carbonyl (C=O) groups excluding carboxylic acids is 1. The van der Waals surface area contributed by atoms with Gasteiger partial charge in [0.15, 0.2) is 0 Å². The number of nitrogens with zero attached hydrogens (tertiary/aromatic N) is 7. The summed E-state index contributed by atoms with van der Waals surface area (Å²) < 4.78 is 84.4. The van der Waals surface area contributed by atoms with E-state index in [1.165, 1.54) is 12.1 Å². The van der Waals surface area contributed by atoms with Crippen molar-refractivity contribution < 1.29 is 50.9 Å². The number of carboxylic acid groups (broad SMARTS) is 2. The van der Waals surface area contributed by atoms with Gasteiger partial charge in [-0.15, -0.1) is 10.2 Å². The maximum absolute atomic E-state index is 13.8. The monoisotopic (exact) mass is 660 g/mol. The number of nitrogens with one attached hydrogen (secondary N) is 1. The Morgan fingerprint density at radius 2 is 1.11 bits per heavy atom. The molecule has 5 rings (SSSR count). The number of aromatic carboxylic acids is 2. The van der Waals surface area contributed by atoms with E-state index in [2.05, 4.69) is 30.9 Å². The highest BCUT2D eigenvalue weighted by atomic mass is 19.4. The fourth-order valence-electron chi connectivity index (χ4n) is 4.38. The van der Waals surface area contributed by atoms with Crippen LogP contribution in [0.5, 0.6) is 0 Å². The van der Waals surface area contributed by atoms with Gasteiger partial charge < -0.3 is 15.5 Å². The Labute approximate surface area is 258 Å². The van der Waals surface area contributed by atoms with Crippen molar-refractivity contribution >= 4 is 17.8 Å². The van der Waals surface area contributed by atoms with Crippen LogP contribution in [0.1, 0.15) is 49.1 Å². The summed E-state index contributed by atoms with van der Waals surface area (Å²) in [5.74, 6) is -3.77. The second-order valence-corrected chi connectivity index (χ2v) is 9.65. The molecule has 0 unspecified atom stereocenters. The van der Waals surface area contributed by atoms with Gasteiger partial charge in [-0.2, -0.15) is 26.3 Å². The maximum atomic E-state index is 13.8. The number of alkyl halides is 6. The van der Waals surface area contributed by atoms with Gasteiger partial charge in [-0.05, 0) is 55.5 Å². The van der Waals surface area contributed by atoms with Crippen LogP contribution in [-0.4, -0.2) is 69.6 Å². The summed E-state index contributed by atoms with van der Waals surface area (Å²) in [6.07, 6.45) is -7.84. The van der Waals surface area contributed by atoms with Gasteiger partial charge in [-0.25, -0.2) is 23.9 Å². The van der Waals surface area contributed by atoms with Gasteiger partial charge in [0, 0.05) is 12.1 Å². The van der Waals surface area contributed by atoms with Crippen LogP contribution in [0.25, 0.3) is 34.2 Å². The number of hydrogen-bond acceptors (Lipinski definition) is 8. The SMILES string of the molecule is CCNC(=O)c1cc(-c2cn(-c3ccc(C(=O)O)cc3C(F)(F)F)nn2)nc(-c2cn(-c3ccc(C(=O)O)cc3C(F)(F)F)nn2)c1. The lowest BCUT2D eigenvalue weighted by atomic mass is 10.1. The number of carboxylic acids is 2. The Bertz CT molecular complexity index is 1900. The van der Waals surface area contributed by atoms with Crippen molar-refractivity contribution in [3.63, 3.8) is 0 Å². The molecule has 3 aromatic heterocycles. The molecule has 19 heteroatoms. The molecule has 0 saturated heterocycles. The molecule has 0 bridgehead atoms. The van der Waals surface area contributed by atoms with Gasteiger partial charge in [0.25, 0.3) is 5.91 Å². The molecule has 2 aromatic carbocycles. The quantitative estimate of drug-likeness (QED) is 0.197. The number of benzene rings is 2. The first kappa shape index (κ1) is 32.3. The number of rotatable bonds is 8. The zero-order valence-corrected chi connectivity index (χ0v) is 23.5. The van der Waals surface area contributed by atoms with Crippen LogP contribution >= 0.6 is 0 Å². The zero-order valence-electron chi connectivity index (χ0n) is 23.5. The Morgan fingerprint density at radius 1 is 0.681 bits per heavy atom. The number of halogens is 6. The Morgan fingerprint density at radius 3 is 1.47 bits per heavy atom. The topological polar surface area (TPSA) is 178 Å². The lowest BCUT2D eigenvalue weighted by molar-refractivity contribution is -0.138. The molecule has 242 valence electrons. The molecule has 0 aliphatic heterocycles. The molecule has 13 nitrogen and oxygen atoms in total. The van der Waals surface area contributed by atoms with E-state index in [0.717, 1.165) is 46.0 Å². The van der Waals surface area contributed by atoms with E-state index in [1.54, 1.807) is 6.92 Å². The van der Waals surface area contributed by atoms with E-state index < -0.39 is 63.8 Å². The van der Waals surface area contributed by atoms with E-state index >= 15 is 0 Å². The molecule has 47 heavy (non-hydrogen) atoms. The molecule has 0 fully saturated rings. The predicted octanol–water partition coefficient (Wildman–Crippen LogP) is 4.76. The van der Waals surface area contributed by atoms with E-state index in [0.29, 0.717) is 12.1 Å². The molecule has 3 heterocycles. The number of aromatic nitrogens is 7. The van der Waals surface area contributed by atoms with E-state index in [9.17, 15) is 40.7 Å². The fourth-order valence-corrected chi connectivity index (χ4v) is 4.38. The third kappa shape index (κ3) is 6.63. The van der Waals surface area contributed by atoms with Gasteiger partial charge >= 0.3 is 24.3 Å². The standard InChI is InChI=1S/C28H18F6N8O5/c1-2-35-24(43)15-9-18(20-11-41(39-37-20)22-5-3-13(25(44)45)7-16(22)27(29,30)31)36-19(10-15)21-12-42(40-38-21)23-6-4-14(26(46)47)8-17(23)28(32,33)34/h3-12H,2H2,1H3,(H,35,43)(H,44,45)(H,46,47). The summed E-state index contributed by atoms with van der Waals surface area (Å²) in [6, 6.07) is 7.06. The summed E-state index contributed by atoms with van der Waals surface area (Å²) in [5, 5.41) is 36.0. The second-order valence-electron chi connectivity index (χ2n) is 9.65. The van der Waals surface area contributed by atoms with Crippen LogP contribution in [0.15, 0.2) is 60.9 Å². The molecule has 0 radical (unpaired) electrons. The molecule has 0 aliphatic rings. The highest BCUT2D eigenvalue weighted by Crippen LogP contribution is 2.36. The van der Waals surface area contributed by atoms with Crippen molar-refractivity contribution in [3.8, 4) is 34.2 Å². The average Bonchev–Trinajstić information content (AvgIpc) is 3.70. The smallest absolute Gasteiger partial charge is 0.418 e. The normalized spacial score (nSPS) is 11.8. The molecule has 0 aliphatic carbocycles. The van der Waals surface area contributed by atoms with Crippen molar-refractivity contribution in [1.29, 1.82) is 0 Å². The van der Waals surface area contributed by atoms with Crippen molar-refractivity contribution in [3.05, 3.63) is 88.7 Å². The zero-order chi connectivity index (χ0) is 34.3. The van der Waals surface area contributed by atoms with E-state index in [1.807, 2.05) is 0 Å². The van der Waals surface area contributed by atoms with Gasteiger partial charge in [-0.1, -0.05) is 10.4 Å². The second kappa shape index (κ2) is 12.0. The minimum absolute atomic E-state index is 0.0282. The highest BCUT2D eigenvalue weighted by molar-refractivity contribution is 5.96. The van der Waals surface area contributed by atoms with Crippen LogP contribution in [0, 0.1) is 0 Å². The van der Waals surface area contributed by atoms with Crippen LogP contribution in [0.2, 0.25) is 0 Å². The van der Waals surface area contributed by atoms with Crippen molar-refractivity contribution in [2.24, 2.45) is 0 Å². The molecule has 0 spiro atoms. The number of carbonyl (C=O) groups is 3. The Hall–Kier alpha value is -6.14. The molecular weight excluding hydrogens is 642 g/mol. The first-order valence-electron chi connectivity index (χ1n) is 13.1. The average molecular weight is 660 g/mol. The maximum Gasteiger partial charge on any atom is 0.418 e. The van der Waals surface area contributed by atoms with Crippen LogP contribution < -0.4 is 5.32 Å². The highest BCUT2D eigenvalue weighted by Gasteiger charge is 2.36. The number of amides is 1. The molecule has 3 N–H and O–H groups in total. The molecule has 0 atom stereocenters. The van der Waals surface area contributed by atoms with Crippen molar-refractivity contribution in [1.82, 2.24) is 40.3 Å². The third-order valence-electron chi connectivity index (χ3n) is 6.53. The Balaban J connectivity index is 1.60. The molecule has 5 aromatic rings. The Kier molecular flexibility index (Phi) is 8.23. The molecule has 0 saturated carbocycles. The summed E-state index contributed by atoms with van der Waals surface area (Å²) in [4.78, 5) is 39.6. The first-order chi connectivity index (χ1) is 22.1. The van der Waals surface area contributed by atoms with E-state index in [4.69, 9.17) is 10.2 Å². The number of pyridine rings is 1. The minimum atomic E-state index is -4.97. The van der Waals surface area contributed by atoms with Crippen molar-refractivity contribution in [2.75, 3.05) is 6.54 Å². The summed E-state index contributed by atoms with van der Waals surface area (Å²) in [6.45, 7) is 1.84. The fraction of sp³-hybridized carbons (Fsp3) is 0.143. The van der Waals surface area contributed by atoms with Gasteiger partial charge in [0.1, 0.15) is 11.4 Å². The largest absolute Gasteiger partial charge is 0.478 e. The minimum Gasteiger partial charge on any atom is -0.478 e. The molecular formula is C28H18F6N8O5. The van der Waals surface area contributed by atoms with Crippen LogP contribution in [0.4, 0.5) is 26.3 Å².